The summed E-state index contributed by atoms with van der Waals surface area (Å²) in [5.74, 6) is 0. The van der Waals surface area contributed by atoms with Crippen LogP contribution in [-0.4, -0.2) is 4.57 Å². The first-order valence-electron chi connectivity index (χ1n) is 7.04. The molecule has 4 heteroatoms. The fraction of sp³-hybridized carbons (Fsp3) is 0.500. The summed E-state index contributed by atoms with van der Waals surface area (Å²) in [6, 6.07) is 6.80. The van der Waals surface area contributed by atoms with E-state index in [1.54, 1.807) is 0 Å². The molecule has 2 N–H and O–H groups in total. The highest BCUT2D eigenvalue weighted by Gasteiger charge is 2.33. The highest BCUT2D eigenvalue weighted by atomic mass is 79.9. The number of aryl methyl sites for hydroxylation is 1. The first-order valence-corrected chi connectivity index (χ1v) is 8.65. The quantitative estimate of drug-likeness (QED) is 0.838. The molecular formula is C16H21BrN2S. The second-order valence-electron chi connectivity index (χ2n) is 6.63. The third-order valence-electron chi connectivity index (χ3n) is 4.21. The number of aromatic nitrogens is 1. The molecule has 20 heavy (non-hydrogen) atoms. The lowest BCUT2D eigenvalue weighted by Gasteiger charge is -2.34. The van der Waals surface area contributed by atoms with Crippen molar-refractivity contribution in [3.63, 3.8) is 0 Å². The summed E-state index contributed by atoms with van der Waals surface area (Å²) >= 11 is 5.36. The number of rotatable bonds is 2. The predicted octanol–water partition coefficient (Wildman–Crippen LogP) is 4.64. The van der Waals surface area contributed by atoms with E-state index in [1.165, 1.54) is 25.6 Å². The van der Waals surface area contributed by atoms with E-state index in [0.29, 0.717) is 5.41 Å². The number of nitrogens with two attached hydrogens (primary N) is 1. The third kappa shape index (κ3) is 2.61. The molecule has 0 aromatic carbocycles. The van der Waals surface area contributed by atoms with E-state index < -0.39 is 0 Å². The lowest BCUT2D eigenvalue weighted by Crippen LogP contribution is -2.30. The summed E-state index contributed by atoms with van der Waals surface area (Å²) in [4.78, 5) is 1.38. The standard InChI is InChI=1S/C16H21BrN2S/c1-10-6-12-13(18)7-16(2,3)8-14(12)19(10)9-11-4-5-15(17)20-11/h4-6,13H,7-9,18H2,1-3H3. The minimum Gasteiger partial charge on any atom is -0.343 e. The van der Waals surface area contributed by atoms with Crippen LogP contribution in [-0.2, 0) is 13.0 Å². The number of nitrogens with zero attached hydrogens (tertiary/aromatic N) is 1. The molecule has 108 valence electrons. The maximum atomic E-state index is 6.38. The zero-order chi connectivity index (χ0) is 14.5. The van der Waals surface area contributed by atoms with Gasteiger partial charge in [-0.15, -0.1) is 11.3 Å². The maximum absolute atomic E-state index is 6.38. The van der Waals surface area contributed by atoms with E-state index in [0.717, 1.165) is 19.4 Å². The first-order chi connectivity index (χ1) is 9.35. The summed E-state index contributed by atoms with van der Waals surface area (Å²) < 4.78 is 3.65. The van der Waals surface area contributed by atoms with Crippen molar-refractivity contribution < 1.29 is 0 Å². The van der Waals surface area contributed by atoms with Gasteiger partial charge in [0.1, 0.15) is 0 Å². The van der Waals surface area contributed by atoms with Crippen LogP contribution in [0.3, 0.4) is 0 Å². The van der Waals surface area contributed by atoms with Crippen molar-refractivity contribution in [1.82, 2.24) is 4.57 Å². The molecule has 2 aromatic rings. The van der Waals surface area contributed by atoms with Gasteiger partial charge in [-0.3, -0.25) is 0 Å². The fourth-order valence-electron chi connectivity index (χ4n) is 3.32. The summed E-state index contributed by atoms with van der Waals surface area (Å²) in [5.41, 5.74) is 10.8. The Kier molecular flexibility index (Phi) is 3.59. The Hall–Kier alpha value is -0.580. The van der Waals surface area contributed by atoms with Gasteiger partial charge < -0.3 is 10.3 Å². The van der Waals surface area contributed by atoms with Crippen LogP contribution in [0.25, 0.3) is 0 Å². The number of hydrogen-bond acceptors (Lipinski definition) is 2. The van der Waals surface area contributed by atoms with Gasteiger partial charge in [0, 0.05) is 22.3 Å². The smallest absolute Gasteiger partial charge is 0.0702 e. The van der Waals surface area contributed by atoms with Crippen molar-refractivity contribution in [3.05, 3.63) is 43.8 Å². The zero-order valence-corrected chi connectivity index (χ0v) is 14.6. The van der Waals surface area contributed by atoms with Crippen LogP contribution in [0.15, 0.2) is 22.0 Å². The van der Waals surface area contributed by atoms with Crippen molar-refractivity contribution in [2.24, 2.45) is 11.1 Å². The monoisotopic (exact) mass is 352 g/mol. The fourth-order valence-corrected chi connectivity index (χ4v) is 4.79. The van der Waals surface area contributed by atoms with E-state index in [4.69, 9.17) is 5.73 Å². The van der Waals surface area contributed by atoms with Crippen LogP contribution < -0.4 is 5.73 Å². The average molecular weight is 353 g/mol. The second kappa shape index (κ2) is 5.00. The van der Waals surface area contributed by atoms with Gasteiger partial charge in [-0.25, -0.2) is 0 Å². The highest BCUT2D eigenvalue weighted by Crippen LogP contribution is 2.41. The molecule has 0 fully saturated rings. The molecule has 3 rings (SSSR count). The number of thiophene rings is 1. The topological polar surface area (TPSA) is 30.9 Å². The molecule has 1 aliphatic rings. The molecule has 1 aliphatic carbocycles. The van der Waals surface area contributed by atoms with Gasteiger partial charge in [-0.05, 0) is 64.9 Å². The Balaban J connectivity index is 2.00. The van der Waals surface area contributed by atoms with E-state index in [2.05, 4.69) is 59.5 Å². The van der Waals surface area contributed by atoms with Crippen LogP contribution in [0.5, 0.6) is 0 Å². The molecule has 0 bridgehead atoms. The van der Waals surface area contributed by atoms with E-state index >= 15 is 0 Å². The molecule has 0 amide bonds. The highest BCUT2D eigenvalue weighted by molar-refractivity contribution is 9.11. The lowest BCUT2D eigenvalue weighted by molar-refractivity contribution is 0.276. The number of halogens is 1. The lowest BCUT2D eigenvalue weighted by atomic mass is 9.74. The largest absolute Gasteiger partial charge is 0.343 e. The second-order valence-corrected chi connectivity index (χ2v) is 9.18. The van der Waals surface area contributed by atoms with Crippen LogP contribution >= 0.6 is 27.3 Å². The first kappa shape index (κ1) is 14.4. The molecule has 2 nitrogen and oxygen atoms in total. The molecule has 2 heterocycles. The van der Waals surface area contributed by atoms with Gasteiger partial charge in [0.05, 0.1) is 10.3 Å². The summed E-state index contributed by atoms with van der Waals surface area (Å²) in [6.45, 7) is 7.80. The molecular weight excluding hydrogens is 332 g/mol. The molecule has 0 spiro atoms. The van der Waals surface area contributed by atoms with Crippen LogP contribution in [0, 0.1) is 12.3 Å². The normalized spacial score (nSPS) is 20.9. The molecule has 1 unspecified atom stereocenters. The summed E-state index contributed by atoms with van der Waals surface area (Å²) in [5, 5.41) is 0. The number of hydrogen-bond donors (Lipinski definition) is 1. The summed E-state index contributed by atoms with van der Waals surface area (Å²) in [6.07, 6.45) is 2.20. The van der Waals surface area contributed by atoms with Crippen LogP contribution in [0.4, 0.5) is 0 Å². The predicted molar refractivity (Wildman–Crippen MR) is 89.3 cm³/mol. The third-order valence-corrected chi connectivity index (χ3v) is 5.82. The van der Waals surface area contributed by atoms with Crippen molar-refractivity contribution in [2.45, 2.75) is 46.2 Å². The SMILES string of the molecule is Cc1cc2c(n1Cc1ccc(Br)s1)CC(C)(C)CC2N. The maximum Gasteiger partial charge on any atom is 0.0702 e. The van der Waals surface area contributed by atoms with Crippen LogP contribution in [0.2, 0.25) is 0 Å². The Morgan fingerprint density at radius 3 is 2.85 bits per heavy atom. The molecule has 0 saturated carbocycles. The Morgan fingerprint density at radius 2 is 2.20 bits per heavy atom. The van der Waals surface area contributed by atoms with Crippen molar-refractivity contribution in [3.8, 4) is 0 Å². The molecule has 0 radical (unpaired) electrons. The molecule has 2 aromatic heterocycles. The Bertz CT molecular complexity index is 639. The van der Waals surface area contributed by atoms with Gasteiger partial charge in [-0.1, -0.05) is 13.8 Å². The average Bonchev–Trinajstić information content (AvgIpc) is 2.86. The molecule has 0 aliphatic heterocycles. The molecule has 0 saturated heterocycles. The Labute approximate surface area is 133 Å². The van der Waals surface area contributed by atoms with Gasteiger partial charge >= 0.3 is 0 Å². The minimum atomic E-state index is 0.184. The van der Waals surface area contributed by atoms with Gasteiger partial charge in [0.15, 0.2) is 0 Å². The minimum absolute atomic E-state index is 0.184. The number of fused-ring (bicyclic) bond motifs is 1. The zero-order valence-electron chi connectivity index (χ0n) is 12.2. The van der Waals surface area contributed by atoms with Gasteiger partial charge in [0.25, 0.3) is 0 Å². The van der Waals surface area contributed by atoms with E-state index in [1.807, 2.05) is 11.3 Å². The summed E-state index contributed by atoms with van der Waals surface area (Å²) in [7, 11) is 0. The van der Waals surface area contributed by atoms with E-state index in [9.17, 15) is 0 Å². The van der Waals surface area contributed by atoms with Gasteiger partial charge in [0.2, 0.25) is 0 Å². The van der Waals surface area contributed by atoms with Crippen molar-refractivity contribution in [1.29, 1.82) is 0 Å². The molecule has 1 atom stereocenters. The van der Waals surface area contributed by atoms with E-state index in [-0.39, 0.29) is 6.04 Å². The van der Waals surface area contributed by atoms with Crippen LogP contribution in [0.1, 0.15) is 48.1 Å². The van der Waals surface area contributed by atoms with Gasteiger partial charge in [-0.2, -0.15) is 0 Å². The van der Waals surface area contributed by atoms with Crippen molar-refractivity contribution in [2.75, 3.05) is 0 Å². The van der Waals surface area contributed by atoms with Crippen molar-refractivity contribution >= 4 is 27.3 Å². The Morgan fingerprint density at radius 1 is 1.45 bits per heavy atom.